The molecule has 0 aliphatic rings. The van der Waals surface area contributed by atoms with Gasteiger partial charge in [-0.3, -0.25) is 4.68 Å². The second-order valence-corrected chi connectivity index (χ2v) is 3.03. The molecule has 0 aliphatic heterocycles. The van der Waals surface area contributed by atoms with Crippen LogP contribution in [-0.4, -0.2) is 23.4 Å². The molecule has 0 saturated heterocycles. The van der Waals surface area contributed by atoms with Crippen LogP contribution >= 0.6 is 0 Å². The first-order valence-corrected chi connectivity index (χ1v) is 4.47. The van der Waals surface area contributed by atoms with Crippen LogP contribution in [0.25, 0.3) is 10.9 Å². The Bertz CT molecular complexity index is 392. The van der Waals surface area contributed by atoms with Gasteiger partial charge in [-0.1, -0.05) is 18.2 Å². The van der Waals surface area contributed by atoms with Gasteiger partial charge in [0.1, 0.15) is 0 Å². The summed E-state index contributed by atoms with van der Waals surface area (Å²) in [6.07, 6.45) is 1.91. The Labute approximate surface area is 77.4 Å². The highest BCUT2D eigenvalue weighted by molar-refractivity contribution is 5.78. The molecule has 2 rings (SSSR count). The summed E-state index contributed by atoms with van der Waals surface area (Å²) in [5, 5.41) is 8.63. The molecule has 13 heavy (non-hydrogen) atoms. The van der Waals surface area contributed by atoms with Crippen molar-refractivity contribution in [2.24, 2.45) is 0 Å². The fraction of sp³-hybridized carbons (Fsp3) is 0.300. The first kappa shape index (κ1) is 8.26. The van der Waals surface area contributed by atoms with E-state index in [9.17, 15) is 0 Å². The molecule has 3 heteroatoms. The largest absolute Gasteiger partial charge is 0.318 e. The minimum absolute atomic E-state index is 0.921. The molecule has 0 spiro atoms. The molecule has 1 N–H and O–H groups in total. The average molecular weight is 175 g/mol. The summed E-state index contributed by atoms with van der Waals surface area (Å²) in [4.78, 5) is 0. The Balaban J connectivity index is 2.35. The molecule has 2 aromatic rings. The lowest BCUT2D eigenvalue weighted by atomic mass is 10.3. The standard InChI is InChI=1S/C10H13N3/c1-11-6-7-13-10-5-3-2-4-9(10)8-12-13/h2-5,8,11H,6-7H2,1H3. The Morgan fingerprint density at radius 2 is 2.23 bits per heavy atom. The number of nitrogens with zero attached hydrogens (tertiary/aromatic N) is 2. The van der Waals surface area contributed by atoms with E-state index in [1.54, 1.807) is 0 Å². The van der Waals surface area contributed by atoms with Crippen molar-refractivity contribution in [2.45, 2.75) is 6.54 Å². The SMILES string of the molecule is CNCCn1ncc2ccccc21. The molecule has 0 radical (unpaired) electrons. The van der Waals surface area contributed by atoms with Crippen molar-refractivity contribution in [3.63, 3.8) is 0 Å². The van der Waals surface area contributed by atoms with Crippen LogP contribution in [0.3, 0.4) is 0 Å². The fourth-order valence-electron chi connectivity index (χ4n) is 1.42. The molecule has 0 saturated carbocycles. The summed E-state index contributed by atoms with van der Waals surface area (Å²) >= 11 is 0. The summed E-state index contributed by atoms with van der Waals surface area (Å²) in [6.45, 7) is 1.87. The Kier molecular flexibility index (Phi) is 2.27. The van der Waals surface area contributed by atoms with Gasteiger partial charge in [0.2, 0.25) is 0 Å². The van der Waals surface area contributed by atoms with Crippen molar-refractivity contribution in [1.29, 1.82) is 0 Å². The predicted molar refractivity (Wildman–Crippen MR) is 53.7 cm³/mol. The van der Waals surface area contributed by atoms with Crippen molar-refractivity contribution in [3.8, 4) is 0 Å². The first-order chi connectivity index (χ1) is 6.42. The number of hydrogen-bond acceptors (Lipinski definition) is 2. The summed E-state index contributed by atoms with van der Waals surface area (Å²) in [6, 6.07) is 8.25. The van der Waals surface area contributed by atoms with E-state index in [2.05, 4.69) is 22.5 Å². The maximum Gasteiger partial charge on any atom is 0.0682 e. The monoisotopic (exact) mass is 175 g/mol. The normalized spacial score (nSPS) is 10.8. The summed E-state index contributed by atoms with van der Waals surface area (Å²) in [7, 11) is 1.95. The Morgan fingerprint density at radius 1 is 1.38 bits per heavy atom. The average Bonchev–Trinajstić information content (AvgIpc) is 2.58. The van der Waals surface area contributed by atoms with Gasteiger partial charge < -0.3 is 5.32 Å². The van der Waals surface area contributed by atoms with Gasteiger partial charge in [-0.25, -0.2) is 0 Å². The van der Waals surface area contributed by atoms with Gasteiger partial charge in [-0.15, -0.1) is 0 Å². The maximum atomic E-state index is 4.31. The van der Waals surface area contributed by atoms with Gasteiger partial charge in [-0.05, 0) is 13.1 Å². The third-order valence-corrected chi connectivity index (χ3v) is 2.12. The summed E-state index contributed by atoms with van der Waals surface area (Å²) in [5.41, 5.74) is 1.21. The third-order valence-electron chi connectivity index (χ3n) is 2.12. The summed E-state index contributed by atoms with van der Waals surface area (Å²) < 4.78 is 2.02. The molecule has 1 aromatic carbocycles. The van der Waals surface area contributed by atoms with Crippen LogP contribution in [0.5, 0.6) is 0 Å². The predicted octanol–water partition coefficient (Wildman–Crippen LogP) is 1.26. The number of benzene rings is 1. The van der Waals surface area contributed by atoms with Gasteiger partial charge >= 0.3 is 0 Å². The highest BCUT2D eigenvalue weighted by Crippen LogP contribution is 2.11. The zero-order chi connectivity index (χ0) is 9.10. The number of rotatable bonds is 3. The second-order valence-electron chi connectivity index (χ2n) is 3.03. The first-order valence-electron chi connectivity index (χ1n) is 4.47. The minimum Gasteiger partial charge on any atom is -0.318 e. The zero-order valence-electron chi connectivity index (χ0n) is 7.70. The zero-order valence-corrected chi connectivity index (χ0v) is 7.70. The molecule has 0 unspecified atom stereocenters. The van der Waals surface area contributed by atoms with Crippen molar-refractivity contribution in [2.75, 3.05) is 13.6 Å². The van der Waals surface area contributed by atoms with Gasteiger partial charge in [0.25, 0.3) is 0 Å². The number of nitrogens with one attached hydrogen (secondary N) is 1. The van der Waals surface area contributed by atoms with E-state index in [1.165, 1.54) is 10.9 Å². The van der Waals surface area contributed by atoms with Crippen molar-refractivity contribution in [3.05, 3.63) is 30.5 Å². The number of likely N-dealkylation sites (N-methyl/N-ethyl adjacent to an activating group) is 1. The molecule has 0 bridgehead atoms. The highest BCUT2D eigenvalue weighted by Gasteiger charge is 1.99. The van der Waals surface area contributed by atoms with Crippen LogP contribution in [0.15, 0.2) is 30.5 Å². The van der Waals surface area contributed by atoms with Crippen LogP contribution in [0, 0.1) is 0 Å². The van der Waals surface area contributed by atoms with E-state index in [0.29, 0.717) is 0 Å². The van der Waals surface area contributed by atoms with Crippen molar-refractivity contribution in [1.82, 2.24) is 15.1 Å². The van der Waals surface area contributed by atoms with Crippen molar-refractivity contribution < 1.29 is 0 Å². The highest BCUT2D eigenvalue weighted by atomic mass is 15.3. The van der Waals surface area contributed by atoms with Gasteiger partial charge in [0.15, 0.2) is 0 Å². The molecular formula is C10H13N3. The molecule has 68 valence electrons. The smallest absolute Gasteiger partial charge is 0.0682 e. The van der Waals surface area contributed by atoms with Crippen LogP contribution in [-0.2, 0) is 6.54 Å². The van der Waals surface area contributed by atoms with Crippen LogP contribution in [0.4, 0.5) is 0 Å². The lowest BCUT2D eigenvalue weighted by molar-refractivity contribution is 0.601. The van der Waals surface area contributed by atoms with E-state index in [4.69, 9.17) is 0 Å². The molecule has 1 heterocycles. The molecule has 0 amide bonds. The van der Waals surface area contributed by atoms with Gasteiger partial charge in [0.05, 0.1) is 18.3 Å². The number of para-hydroxylation sites is 1. The second kappa shape index (κ2) is 3.58. The fourth-order valence-corrected chi connectivity index (χ4v) is 1.42. The van der Waals surface area contributed by atoms with E-state index in [-0.39, 0.29) is 0 Å². The van der Waals surface area contributed by atoms with E-state index in [0.717, 1.165) is 13.1 Å². The summed E-state index contributed by atoms with van der Waals surface area (Å²) in [5.74, 6) is 0. The lowest BCUT2D eigenvalue weighted by Gasteiger charge is -2.01. The molecule has 1 aromatic heterocycles. The molecule has 3 nitrogen and oxygen atoms in total. The topological polar surface area (TPSA) is 29.9 Å². The number of aromatic nitrogens is 2. The number of fused-ring (bicyclic) bond motifs is 1. The molecular weight excluding hydrogens is 162 g/mol. The Morgan fingerprint density at radius 3 is 3.08 bits per heavy atom. The molecule has 0 atom stereocenters. The van der Waals surface area contributed by atoms with E-state index in [1.807, 2.05) is 30.1 Å². The lowest BCUT2D eigenvalue weighted by Crippen LogP contribution is -2.15. The Hall–Kier alpha value is -1.35. The van der Waals surface area contributed by atoms with Crippen LogP contribution in [0.2, 0.25) is 0 Å². The quantitative estimate of drug-likeness (QED) is 0.761. The third kappa shape index (κ3) is 1.55. The van der Waals surface area contributed by atoms with Gasteiger partial charge in [0, 0.05) is 11.9 Å². The van der Waals surface area contributed by atoms with E-state index < -0.39 is 0 Å². The van der Waals surface area contributed by atoms with E-state index >= 15 is 0 Å². The molecule has 0 fully saturated rings. The van der Waals surface area contributed by atoms with Crippen molar-refractivity contribution >= 4 is 10.9 Å². The van der Waals surface area contributed by atoms with Gasteiger partial charge in [-0.2, -0.15) is 5.10 Å². The van der Waals surface area contributed by atoms with Crippen LogP contribution in [0.1, 0.15) is 0 Å². The van der Waals surface area contributed by atoms with Crippen LogP contribution < -0.4 is 5.32 Å². The maximum absolute atomic E-state index is 4.31. The number of hydrogen-bond donors (Lipinski definition) is 1. The molecule has 0 aliphatic carbocycles. The minimum atomic E-state index is 0.921.